The van der Waals surface area contributed by atoms with Crippen molar-refractivity contribution in [3.8, 4) is 0 Å². The molecule has 0 heterocycles. The van der Waals surface area contributed by atoms with Gasteiger partial charge < -0.3 is 4.18 Å². The Morgan fingerprint density at radius 3 is 2.11 bits per heavy atom. The largest absolute Gasteiger partial charge is 0.412 e. The van der Waals surface area contributed by atoms with E-state index in [4.69, 9.17) is 0 Å². The number of nitrogens with zero attached hydrogens (tertiary/aromatic N) is 1. The fraction of sp³-hybridized carbons (Fsp3) is 0.600. The van der Waals surface area contributed by atoms with Crippen molar-refractivity contribution in [2.75, 3.05) is 14.1 Å². The Morgan fingerprint density at radius 2 is 1.78 bits per heavy atom. The summed E-state index contributed by atoms with van der Waals surface area (Å²) in [7, 11) is -1.41. The minimum absolute atomic E-state index is 0.0627. The fourth-order valence-corrected chi connectivity index (χ4v) is 1.32. The van der Waals surface area contributed by atoms with Gasteiger partial charge in [-0.05, 0) is 13.0 Å². The van der Waals surface area contributed by atoms with Gasteiger partial charge in [-0.15, -0.1) is 0 Å². The van der Waals surface area contributed by atoms with Crippen LogP contribution in [0.3, 0.4) is 0 Å². The summed E-state index contributed by atoms with van der Waals surface area (Å²) >= 11 is 0. The van der Waals surface area contributed by atoms with Gasteiger partial charge in [0.1, 0.15) is 5.76 Å². The molecular weight excluding hydrogens is 271 g/mol. The molecule has 0 saturated carbocycles. The van der Waals surface area contributed by atoms with E-state index in [2.05, 4.69) is 4.18 Å². The van der Waals surface area contributed by atoms with Gasteiger partial charge in [-0.1, -0.05) is 13.0 Å². The van der Waals surface area contributed by atoms with Gasteiger partial charge in [-0.2, -0.15) is 25.9 Å². The Hall–Kier alpha value is -1.02. The molecule has 0 atom stereocenters. The van der Waals surface area contributed by atoms with Gasteiger partial charge in [0, 0.05) is 26.1 Å². The first-order chi connectivity index (χ1) is 8.00. The summed E-state index contributed by atoms with van der Waals surface area (Å²) in [6.45, 7) is 2.47. The third-order valence-corrected chi connectivity index (χ3v) is 3.29. The molecule has 0 aliphatic carbocycles. The maximum absolute atomic E-state index is 12.2. The molecule has 0 saturated heterocycles. The van der Waals surface area contributed by atoms with Crippen LogP contribution in [0.1, 0.15) is 20.3 Å². The van der Waals surface area contributed by atoms with Gasteiger partial charge in [-0.25, -0.2) is 0 Å². The van der Waals surface area contributed by atoms with Crippen LogP contribution in [0, 0.1) is 0 Å². The van der Waals surface area contributed by atoms with Gasteiger partial charge in [0.15, 0.2) is 0 Å². The number of hydrogen-bond donors (Lipinski definition) is 0. The third-order valence-electron chi connectivity index (χ3n) is 1.97. The van der Waals surface area contributed by atoms with Crippen LogP contribution in [0.4, 0.5) is 13.2 Å². The molecule has 0 spiro atoms. The Labute approximate surface area is 105 Å². The standard InChI is InChI=1S/C10H16F3NO3S/c1-5-9(17-18(15,16)14(3)4)7-6-8(2)10(11,12)13/h6-7H,5H2,1-4H3/b8-6+,9-7+. The number of halogens is 3. The minimum atomic E-state index is -4.43. The average molecular weight is 287 g/mol. The van der Waals surface area contributed by atoms with Crippen molar-refractivity contribution in [1.29, 1.82) is 0 Å². The van der Waals surface area contributed by atoms with Gasteiger partial charge in [0.25, 0.3) is 0 Å². The summed E-state index contributed by atoms with van der Waals surface area (Å²) in [6.07, 6.45) is -2.49. The highest BCUT2D eigenvalue weighted by Crippen LogP contribution is 2.25. The van der Waals surface area contributed by atoms with Crippen LogP contribution >= 0.6 is 0 Å². The predicted molar refractivity (Wildman–Crippen MR) is 61.9 cm³/mol. The van der Waals surface area contributed by atoms with Crippen molar-refractivity contribution in [3.63, 3.8) is 0 Å². The SMILES string of the molecule is CC/C(=C\C=C(/C)C(F)(F)F)OS(=O)(=O)N(C)C. The molecule has 0 N–H and O–H groups in total. The summed E-state index contributed by atoms with van der Waals surface area (Å²) in [4.78, 5) is 0. The zero-order valence-electron chi connectivity index (χ0n) is 10.6. The Bertz CT molecular complexity index is 436. The van der Waals surface area contributed by atoms with E-state index >= 15 is 0 Å². The van der Waals surface area contributed by atoms with Gasteiger partial charge in [0.2, 0.25) is 0 Å². The minimum Gasteiger partial charge on any atom is -0.375 e. The Morgan fingerprint density at radius 1 is 1.28 bits per heavy atom. The van der Waals surface area contributed by atoms with E-state index in [1.807, 2.05) is 0 Å². The molecule has 0 amide bonds. The second kappa shape index (κ2) is 6.24. The molecule has 0 aromatic carbocycles. The summed E-state index contributed by atoms with van der Waals surface area (Å²) in [5.74, 6) is -0.0627. The van der Waals surface area contributed by atoms with Crippen molar-refractivity contribution in [2.45, 2.75) is 26.4 Å². The predicted octanol–water partition coefficient (Wildman–Crippen LogP) is 2.61. The number of hydrogen-bond acceptors (Lipinski definition) is 3. The summed E-state index contributed by atoms with van der Waals surface area (Å²) in [5, 5.41) is 0. The molecule has 0 bridgehead atoms. The molecule has 0 fully saturated rings. The van der Waals surface area contributed by atoms with Crippen LogP contribution in [0.5, 0.6) is 0 Å². The number of alkyl halides is 3. The van der Waals surface area contributed by atoms with E-state index in [1.54, 1.807) is 6.92 Å². The highest BCUT2D eigenvalue weighted by atomic mass is 32.2. The molecule has 0 unspecified atom stereocenters. The van der Waals surface area contributed by atoms with E-state index < -0.39 is 22.1 Å². The van der Waals surface area contributed by atoms with Crippen molar-refractivity contribution in [1.82, 2.24) is 4.31 Å². The molecule has 8 heteroatoms. The molecular formula is C10H16F3NO3S. The van der Waals surface area contributed by atoms with Crippen molar-refractivity contribution in [3.05, 3.63) is 23.5 Å². The second-order valence-electron chi connectivity index (χ2n) is 3.66. The Balaban J connectivity index is 5.03. The van der Waals surface area contributed by atoms with E-state index in [1.165, 1.54) is 14.1 Å². The second-order valence-corrected chi connectivity index (χ2v) is 5.41. The van der Waals surface area contributed by atoms with Crippen LogP contribution in [-0.4, -0.2) is 33.0 Å². The zero-order valence-corrected chi connectivity index (χ0v) is 11.4. The first-order valence-electron chi connectivity index (χ1n) is 5.07. The van der Waals surface area contributed by atoms with E-state index in [0.29, 0.717) is 0 Å². The van der Waals surface area contributed by atoms with E-state index in [9.17, 15) is 21.6 Å². The Kier molecular flexibility index (Phi) is 5.88. The summed E-state index contributed by atoms with van der Waals surface area (Å²) in [5.41, 5.74) is -0.834. The molecule has 0 aromatic rings. The zero-order chi connectivity index (χ0) is 14.6. The van der Waals surface area contributed by atoms with Gasteiger partial charge >= 0.3 is 16.5 Å². The first-order valence-corrected chi connectivity index (χ1v) is 6.43. The molecule has 0 aromatic heterocycles. The van der Waals surface area contributed by atoms with E-state index in [-0.39, 0.29) is 12.2 Å². The molecule has 4 nitrogen and oxygen atoms in total. The van der Waals surface area contributed by atoms with Crippen molar-refractivity contribution < 1.29 is 25.8 Å². The van der Waals surface area contributed by atoms with Gasteiger partial charge in [0.05, 0.1) is 0 Å². The quantitative estimate of drug-likeness (QED) is 0.577. The fourth-order valence-electron chi connectivity index (χ4n) is 0.727. The van der Waals surface area contributed by atoms with Crippen LogP contribution in [-0.2, 0) is 14.5 Å². The smallest absolute Gasteiger partial charge is 0.375 e. The lowest BCUT2D eigenvalue weighted by Crippen LogP contribution is -2.24. The van der Waals surface area contributed by atoms with Crippen LogP contribution in [0.2, 0.25) is 0 Å². The average Bonchev–Trinajstić information content (AvgIpc) is 2.21. The van der Waals surface area contributed by atoms with Gasteiger partial charge in [-0.3, -0.25) is 0 Å². The lowest BCUT2D eigenvalue weighted by molar-refractivity contribution is -0.0913. The topological polar surface area (TPSA) is 46.6 Å². The molecule has 18 heavy (non-hydrogen) atoms. The molecule has 0 aliphatic rings. The number of allylic oxidation sites excluding steroid dienone is 4. The monoisotopic (exact) mass is 287 g/mol. The highest BCUT2D eigenvalue weighted by molar-refractivity contribution is 7.84. The van der Waals surface area contributed by atoms with Crippen LogP contribution < -0.4 is 0 Å². The molecule has 106 valence electrons. The normalized spacial score (nSPS) is 15.1. The van der Waals surface area contributed by atoms with Crippen LogP contribution in [0.25, 0.3) is 0 Å². The lowest BCUT2D eigenvalue weighted by Gasteiger charge is -2.13. The summed E-state index contributed by atoms with van der Waals surface area (Å²) in [6, 6.07) is 0. The van der Waals surface area contributed by atoms with Crippen molar-refractivity contribution >= 4 is 10.3 Å². The number of rotatable bonds is 5. The highest BCUT2D eigenvalue weighted by Gasteiger charge is 2.29. The first kappa shape index (κ1) is 17.0. The maximum Gasteiger partial charge on any atom is 0.412 e. The van der Waals surface area contributed by atoms with E-state index in [0.717, 1.165) is 23.4 Å². The molecule has 0 radical (unpaired) electrons. The maximum atomic E-state index is 12.2. The lowest BCUT2D eigenvalue weighted by atomic mass is 10.2. The molecule has 0 aliphatic heterocycles. The van der Waals surface area contributed by atoms with Crippen molar-refractivity contribution in [2.24, 2.45) is 0 Å². The molecule has 0 rings (SSSR count). The van der Waals surface area contributed by atoms with Crippen LogP contribution in [0.15, 0.2) is 23.5 Å². The summed E-state index contributed by atoms with van der Waals surface area (Å²) < 4.78 is 64.8. The third kappa shape index (κ3) is 5.54.